The van der Waals surface area contributed by atoms with Gasteiger partial charge in [0, 0.05) is 31.4 Å². The number of carbonyl (C=O) groups excluding carboxylic acids is 1. The zero-order valence-electron chi connectivity index (χ0n) is 16.8. The third-order valence-electron chi connectivity index (χ3n) is 7.10. The van der Waals surface area contributed by atoms with E-state index in [9.17, 15) is 9.90 Å². The van der Waals surface area contributed by atoms with Gasteiger partial charge in [0.1, 0.15) is 5.82 Å². The number of fused-ring (bicyclic) bond motifs is 2. The molecule has 0 spiro atoms. The standard InChI is InChI=1S/C23H25N5O2/c29-21-8-16-12-27(23(30)17-9-24-22(25-10-17)14-5-6-14)11-15(16)7-20(21)28-13-26-18-3-1-2-4-19(18)28/h1-4,9-10,13-16,20-21,29H,5-8,11-12H2/t15-,16+,20-,21-/m1/s1. The summed E-state index contributed by atoms with van der Waals surface area (Å²) in [5.41, 5.74) is 2.57. The lowest BCUT2D eigenvalue weighted by molar-refractivity contribution is 0.0374. The Hall–Kier alpha value is -2.80. The Balaban J connectivity index is 1.19. The lowest BCUT2D eigenvalue weighted by Gasteiger charge is -2.36. The minimum atomic E-state index is -0.430. The molecule has 30 heavy (non-hydrogen) atoms. The molecule has 7 heteroatoms. The van der Waals surface area contributed by atoms with Crippen molar-refractivity contribution in [1.29, 1.82) is 0 Å². The SMILES string of the molecule is O=C(c1cnc(C2CC2)nc1)N1C[C@H]2C[C@@H](n3cnc4ccccc43)[C@H](O)C[C@H]2C1. The van der Waals surface area contributed by atoms with E-state index in [0.717, 1.165) is 42.7 Å². The van der Waals surface area contributed by atoms with Crippen molar-refractivity contribution in [3.8, 4) is 0 Å². The molecule has 6 rings (SSSR count). The lowest BCUT2D eigenvalue weighted by Crippen LogP contribution is -2.36. The highest BCUT2D eigenvalue weighted by molar-refractivity contribution is 5.93. The molecule has 1 saturated heterocycles. The van der Waals surface area contributed by atoms with Gasteiger partial charge >= 0.3 is 0 Å². The number of nitrogens with zero attached hydrogens (tertiary/aromatic N) is 5. The molecule has 2 aromatic heterocycles. The summed E-state index contributed by atoms with van der Waals surface area (Å²) in [6.45, 7) is 1.42. The summed E-state index contributed by atoms with van der Waals surface area (Å²) in [5, 5.41) is 10.9. The molecule has 3 fully saturated rings. The van der Waals surface area contributed by atoms with Crippen LogP contribution >= 0.6 is 0 Å². The fourth-order valence-corrected chi connectivity index (χ4v) is 5.30. The van der Waals surface area contributed by atoms with Crippen molar-refractivity contribution in [2.75, 3.05) is 13.1 Å². The summed E-state index contributed by atoms with van der Waals surface area (Å²) < 4.78 is 2.12. The maximum Gasteiger partial charge on any atom is 0.257 e. The number of amides is 1. The maximum atomic E-state index is 13.0. The first-order valence-electron chi connectivity index (χ1n) is 10.9. The molecular formula is C23H25N5O2. The Labute approximate surface area is 174 Å². The fourth-order valence-electron chi connectivity index (χ4n) is 5.30. The van der Waals surface area contributed by atoms with Crippen LogP contribution in [0.4, 0.5) is 0 Å². The average molecular weight is 403 g/mol. The number of benzene rings is 1. The van der Waals surface area contributed by atoms with Gasteiger partial charge in [-0.05, 0) is 49.7 Å². The average Bonchev–Trinajstić information content (AvgIpc) is 3.41. The molecule has 0 unspecified atom stereocenters. The Morgan fingerprint density at radius 1 is 1.00 bits per heavy atom. The number of aromatic nitrogens is 4. The van der Waals surface area contributed by atoms with Gasteiger partial charge in [-0.3, -0.25) is 4.79 Å². The summed E-state index contributed by atoms with van der Waals surface area (Å²) in [5.74, 6) is 2.07. The molecule has 1 N–H and O–H groups in total. The van der Waals surface area contributed by atoms with Crippen molar-refractivity contribution in [1.82, 2.24) is 24.4 Å². The van der Waals surface area contributed by atoms with Crippen molar-refractivity contribution in [2.24, 2.45) is 11.8 Å². The van der Waals surface area contributed by atoms with Crippen LogP contribution in [0.25, 0.3) is 11.0 Å². The Bertz CT molecular complexity index is 1090. The zero-order valence-corrected chi connectivity index (χ0v) is 16.8. The minimum absolute atomic E-state index is 0.00476. The van der Waals surface area contributed by atoms with Crippen LogP contribution in [0.1, 0.15) is 53.8 Å². The predicted molar refractivity (Wildman–Crippen MR) is 111 cm³/mol. The third kappa shape index (κ3) is 2.99. The van der Waals surface area contributed by atoms with Crippen LogP contribution in [0, 0.1) is 11.8 Å². The van der Waals surface area contributed by atoms with Gasteiger partial charge in [-0.25, -0.2) is 15.0 Å². The van der Waals surface area contributed by atoms with Crippen LogP contribution < -0.4 is 0 Å². The quantitative estimate of drug-likeness (QED) is 0.727. The first-order chi connectivity index (χ1) is 14.7. The van der Waals surface area contributed by atoms with Crippen LogP contribution in [0.3, 0.4) is 0 Å². The Kier molecular flexibility index (Phi) is 4.13. The first-order valence-corrected chi connectivity index (χ1v) is 10.9. The number of rotatable bonds is 3. The summed E-state index contributed by atoms with van der Waals surface area (Å²) in [4.78, 5) is 28.2. The zero-order chi connectivity index (χ0) is 20.2. The molecule has 2 aliphatic carbocycles. The first kappa shape index (κ1) is 18.0. The van der Waals surface area contributed by atoms with Crippen molar-refractivity contribution in [3.63, 3.8) is 0 Å². The molecule has 3 aromatic rings. The molecule has 1 amide bonds. The topological polar surface area (TPSA) is 84.1 Å². The van der Waals surface area contributed by atoms with Gasteiger partial charge in [0.15, 0.2) is 0 Å². The number of hydrogen-bond donors (Lipinski definition) is 1. The van der Waals surface area contributed by atoms with E-state index >= 15 is 0 Å². The largest absolute Gasteiger partial charge is 0.391 e. The van der Waals surface area contributed by atoms with E-state index < -0.39 is 6.10 Å². The van der Waals surface area contributed by atoms with E-state index in [0.29, 0.717) is 36.3 Å². The maximum absolute atomic E-state index is 13.0. The number of likely N-dealkylation sites (tertiary alicyclic amines) is 1. The van der Waals surface area contributed by atoms with Gasteiger partial charge in [-0.15, -0.1) is 0 Å². The summed E-state index contributed by atoms with van der Waals surface area (Å²) in [6.07, 6.45) is 8.64. The van der Waals surface area contributed by atoms with E-state index in [1.54, 1.807) is 12.4 Å². The fraction of sp³-hybridized carbons (Fsp3) is 0.478. The van der Waals surface area contributed by atoms with Crippen molar-refractivity contribution in [3.05, 3.63) is 54.4 Å². The van der Waals surface area contributed by atoms with Gasteiger partial charge in [0.05, 0.1) is 35.1 Å². The lowest BCUT2D eigenvalue weighted by atomic mass is 9.77. The van der Waals surface area contributed by atoms with E-state index in [4.69, 9.17) is 0 Å². The van der Waals surface area contributed by atoms with Crippen LogP contribution in [0.2, 0.25) is 0 Å². The van der Waals surface area contributed by atoms with E-state index in [2.05, 4.69) is 25.6 Å². The van der Waals surface area contributed by atoms with E-state index in [1.807, 2.05) is 29.4 Å². The molecule has 4 atom stereocenters. The molecule has 154 valence electrons. The number of carbonyl (C=O) groups is 1. The second-order valence-electron chi connectivity index (χ2n) is 9.08. The molecule has 3 heterocycles. The molecule has 2 saturated carbocycles. The van der Waals surface area contributed by atoms with Crippen molar-refractivity contribution >= 4 is 16.9 Å². The van der Waals surface area contributed by atoms with Crippen molar-refractivity contribution < 1.29 is 9.90 Å². The highest BCUT2D eigenvalue weighted by atomic mass is 16.3. The van der Waals surface area contributed by atoms with Crippen LogP contribution in [0.15, 0.2) is 43.0 Å². The number of para-hydroxylation sites is 2. The van der Waals surface area contributed by atoms with Gasteiger partial charge in [-0.2, -0.15) is 0 Å². The van der Waals surface area contributed by atoms with Crippen LogP contribution in [-0.2, 0) is 0 Å². The van der Waals surface area contributed by atoms with Gasteiger partial charge < -0.3 is 14.6 Å². The van der Waals surface area contributed by atoms with E-state index in [1.165, 1.54) is 0 Å². The third-order valence-corrected chi connectivity index (χ3v) is 7.10. The number of hydrogen-bond acceptors (Lipinski definition) is 5. The molecule has 3 aliphatic rings. The molecule has 1 aliphatic heterocycles. The summed E-state index contributed by atoms with van der Waals surface area (Å²) in [6, 6.07) is 8.03. The normalized spacial score (nSPS) is 28.6. The van der Waals surface area contributed by atoms with Gasteiger partial charge in [-0.1, -0.05) is 12.1 Å². The monoisotopic (exact) mass is 403 g/mol. The van der Waals surface area contributed by atoms with Gasteiger partial charge in [0.25, 0.3) is 5.91 Å². The summed E-state index contributed by atoms with van der Waals surface area (Å²) >= 11 is 0. The van der Waals surface area contributed by atoms with E-state index in [-0.39, 0.29) is 11.9 Å². The smallest absolute Gasteiger partial charge is 0.257 e. The molecule has 7 nitrogen and oxygen atoms in total. The Morgan fingerprint density at radius 2 is 1.73 bits per heavy atom. The highest BCUT2D eigenvalue weighted by Crippen LogP contribution is 2.42. The predicted octanol–water partition coefficient (Wildman–Crippen LogP) is 2.79. The summed E-state index contributed by atoms with van der Waals surface area (Å²) in [7, 11) is 0. The minimum Gasteiger partial charge on any atom is -0.391 e. The molecule has 0 radical (unpaired) electrons. The van der Waals surface area contributed by atoms with Crippen molar-refractivity contribution in [2.45, 2.75) is 43.7 Å². The van der Waals surface area contributed by atoms with Gasteiger partial charge in [0.2, 0.25) is 0 Å². The molecular weight excluding hydrogens is 378 g/mol. The molecule has 0 bridgehead atoms. The Morgan fingerprint density at radius 3 is 2.50 bits per heavy atom. The number of aliphatic hydroxyl groups excluding tert-OH is 1. The number of aliphatic hydroxyl groups is 1. The highest BCUT2D eigenvalue weighted by Gasteiger charge is 2.44. The number of imidazole rings is 1. The molecule has 1 aromatic carbocycles. The second-order valence-corrected chi connectivity index (χ2v) is 9.08. The van der Waals surface area contributed by atoms with Crippen LogP contribution in [0.5, 0.6) is 0 Å². The van der Waals surface area contributed by atoms with Crippen LogP contribution in [-0.4, -0.2) is 54.6 Å². The second kappa shape index (κ2) is 6.87.